The average molecular weight is 268 g/mol. The standard InChI is InChI=1S/C13H24N4O2/c1-9(2)6-7-11-12(13(14)19)15-16-17(11)10(3)5-4-8-18/h9-10,18H,4-8H2,1-3H3,(H2,14,19). The van der Waals surface area contributed by atoms with Gasteiger partial charge in [0.25, 0.3) is 5.91 Å². The third-order valence-corrected chi connectivity index (χ3v) is 3.18. The molecule has 1 rings (SSSR count). The third-order valence-electron chi connectivity index (χ3n) is 3.18. The van der Waals surface area contributed by atoms with Crippen LogP contribution < -0.4 is 5.73 Å². The lowest BCUT2D eigenvalue weighted by atomic mass is 10.0. The lowest BCUT2D eigenvalue weighted by molar-refractivity contribution is 0.0994. The van der Waals surface area contributed by atoms with Gasteiger partial charge in [-0.2, -0.15) is 0 Å². The van der Waals surface area contributed by atoms with E-state index < -0.39 is 5.91 Å². The van der Waals surface area contributed by atoms with Crippen molar-refractivity contribution >= 4 is 5.91 Å². The lowest BCUT2D eigenvalue weighted by Gasteiger charge is -2.15. The maximum Gasteiger partial charge on any atom is 0.271 e. The van der Waals surface area contributed by atoms with Gasteiger partial charge >= 0.3 is 0 Å². The number of hydrogen-bond donors (Lipinski definition) is 2. The molecule has 0 spiro atoms. The SMILES string of the molecule is CC(C)CCc1c(C(N)=O)nnn1C(C)CCCO. The van der Waals surface area contributed by atoms with E-state index in [4.69, 9.17) is 10.8 Å². The predicted octanol–water partition coefficient (Wildman–Crippen LogP) is 1.30. The summed E-state index contributed by atoms with van der Waals surface area (Å²) in [6, 6.07) is 0.106. The van der Waals surface area contributed by atoms with Crippen molar-refractivity contribution in [3.63, 3.8) is 0 Å². The fraction of sp³-hybridized carbons (Fsp3) is 0.769. The van der Waals surface area contributed by atoms with Gasteiger partial charge in [0.2, 0.25) is 0 Å². The summed E-state index contributed by atoms with van der Waals surface area (Å²) >= 11 is 0. The third kappa shape index (κ3) is 4.31. The number of carbonyl (C=O) groups is 1. The minimum Gasteiger partial charge on any atom is -0.396 e. The van der Waals surface area contributed by atoms with Gasteiger partial charge in [0.15, 0.2) is 5.69 Å². The van der Waals surface area contributed by atoms with Crippen molar-refractivity contribution in [3.05, 3.63) is 11.4 Å². The summed E-state index contributed by atoms with van der Waals surface area (Å²) in [6.07, 6.45) is 3.20. The molecule has 0 radical (unpaired) electrons. The molecule has 6 nitrogen and oxygen atoms in total. The molecule has 19 heavy (non-hydrogen) atoms. The molecular weight excluding hydrogens is 244 g/mol. The van der Waals surface area contributed by atoms with Gasteiger partial charge in [-0.05, 0) is 38.5 Å². The van der Waals surface area contributed by atoms with E-state index in [1.807, 2.05) is 6.92 Å². The van der Waals surface area contributed by atoms with Crippen LogP contribution in [0.5, 0.6) is 0 Å². The van der Waals surface area contributed by atoms with E-state index in [1.165, 1.54) is 0 Å². The van der Waals surface area contributed by atoms with E-state index in [-0.39, 0.29) is 18.3 Å². The number of rotatable bonds is 8. The molecule has 6 heteroatoms. The Morgan fingerprint density at radius 3 is 2.58 bits per heavy atom. The zero-order valence-electron chi connectivity index (χ0n) is 12.0. The van der Waals surface area contributed by atoms with Crippen LogP contribution in [-0.4, -0.2) is 32.6 Å². The molecule has 0 aliphatic carbocycles. The Labute approximate surface area is 114 Å². The van der Waals surface area contributed by atoms with Crippen LogP contribution in [0.15, 0.2) is 0 Å². The van der Waals surface area contributed by atoms with Crippen LogP contribution in [0.3, 0.4) is 0 Å². The van der Waals surface area contributed by atoms with E-state index >= 15 is 0 Å². The summed E-state index contributed by atoms with van der Waals surface area (Å²) in [7, 11) is 0. The quantitative estimate of drug-likeness (QED) is 0.743. The highest BCUT2D eigenvalue weighted by Gasteiger charge is 2.20. The fourth-order valence-electron chi connectivity index (χ4n) is 2.03. The number of nitrogens with zero attached hydrogens (tertiary/aromatic N) is 3. The first kappa shape index (κ1) is 15.6. The maximum atomic E-state index is 11.4. The monoisotopic (exact) mass is 268 g/mol. The maximum absolute atomic E-state index is 11.4. The molecule has 1 amide bonds. The number of aromatic nitrogens is 3. The van der Waals surface area contributed by atoms with Crippen LogP contribution >= 0.6 is 0 Å². The highest BCUT2D eigenvalue weighted by molar-refractivity contribution is 5.91. The predicted molar refractivity (Wildman–Crippen MR) is 72.7 cm³/mol. The van der Waals surface area contributed by atoms with Gasteiger partial charge in [-0.3, -0.25) is 4.79 Å². The molecule has 0 aliphatic rings. The molecule has 1 atom stereocenters. The minimum absolute atomic E-state index is 0.106. The van der Waals surface area contributed by atoms with Crippen molar-refractivity contribution < 1.29 is 9.90 Å². The second kappa shape index (κ2) is 7.23. The molecule has 1 unspecified atom stereocenters. The summed E-state index contributed by atoms with van der Waals surface area (Å²) in [5.41, 5.74) is 6.43. The van der Waals surface area contributed by atoms with Crippen molar-refractivity contribution in [1.82, 2.24) is 15.0 Å². The molecular formula is C13H24N4O2. The summed E-state index contributed by atoms with van der Waals surface area (Å²) in [6.45, 7) is 6.43. The van der Waals surface area contributed by atoms with E-state index in [0.717, 1.165) is 25.0 Å². The van der Waals surface area contributed by atoms with Crippen LogP contribution in [0.25, 0.3) is 0 Å². The Morgan fingerprint density at radius 1 is 1.37 bits per heavy atom. The van der Waals surface area contributed by atoms with Crippen LogP contribution in [0, 0.1) is 5.92 Å². The van der Waals surface area contributed by atoms with Crippen molar-refractivity contribution in [1.29, 1.82) is 0 Å². The largest absolute Gasteiger partial charge is 0.396 e. The van der Waals surface area contributed by atoms with Gasteiger partial charge in [0, 0.05) is 6.61 Å². The molecule has 108 valence electrons. The average Bonchev–Trinajstić information content (AvgIpc) is 2.77. The topological polar surface area (TPSA) is 94.0 Å². The van der Waals surface area contributed by atoms with Crippen LogP contribution in [0.1, 0.15) is 62.3 Å². The molecule has 1 aromatic rings. The van der Waals surface area contributed by atoms with Gasteiger partial charge in [0.1, 0.15) is 0 Å². The van der Waals surface area contributed by atoms with Gasteiger partial charge in [0.05, 0.1) is 11.7 Å². The highest BCUT2D eigenvalue weighted by atomic mass is 16.2. The first-order valence-corrected chi connectivity index (χ1v) is 6.82. The number of carbonyl (C=O) groups excluding carboxylic acids is 1. The second-order valence-electron chi connectivity index (χ2n) is 5.34. The minimum atomic E-state index is -0.528. The van der Waals surface area contributed by atoms with E-state index in [1.54, 1.807) is 4.68 Å². The summed E-state index contributed by atoms with van der Waals surface area (Å²) in [5, 5.41) is 16.8. The van der Waals surface area contributed by atoms with Crippen molar-refractivity contribution in [3.8, 4) is 0 Å². The van der Waals surface area contributed by atoms with Crippen LogP contribution in [0.2, 0.25) is 0 Å². The first-order valence-electron chi connectivity index (χ1n) is 6.82. The van der Waals surface area contributed by atoms with Crippen molar-refractivity contribution in [2.45, 2.75) is 52.5 Å². The Bertz CT molecular complexity index is 415. The van der Waals surface area contributed by atoms with Crippen molar-refractivity contribution in [2.75, 3.05) is 6.61 Å². The van der Waals surface area contributed by atoms with Gasteiger partial charge < -0.3 is 10.8 Å². The fourth-order valence-corrected chi connectivity index (χ4v) is 2.03. The summed E-state index contributed by atoms with van der Waals surface area (Å²) in [4.78, 5) is 11.4. The van der Waals surface area contributed by atoms with Crippen molar-refractivity contribution in [2.24, 2.45) is 11.7 Å². The molecule has 0 saturated heterocycles. The Kier molecular flexibility index (Phi) is 5.95. The van der Waals surface area contributed by atoms with Crippen LogP contribution in [-0.2, 0) is 6.42 Å². The Morgan fingerprint density at radius 2 is 2.05 bits per heavy atom. The zero-order chi connectivity index (χ0) is 14.4. The van der Waals surface area contributed by atoms with Crippen LogP contribution in [0.4, 0.5) is 0 Å². The molecule has 1 heterocycles. The summed E-state index contributed by atoms with van der Waals surface area (Å²) < 4.78 is 1.78. The molecule has 0 bridgehead atoms. The van der Waals surface area contributed by atoms with Gasteiger partial charge in [-0.25, -0.2) is 4.68 Å². The second-order valence-corrected chi connectivity index (χ2v) is 5.34. The van der Waals surface area contributed by atoms with E-state index in [2.05, 4.69) is 24.2 Å². The van der Waals surface area contributed by atoms with Gasteiger partial charge in [-0.1, -0.05) is 19.1 Å². The Balaban J connectivity index is 2.93. The molecule has 0 fully saturated rings. The number of amides is 1. The molecule has 3 N–H and O–H groups in total. The lowest BCUT2D eigenvalue weighted by Crippen LogP contribution is -2.17. The van der Waals surface area contributed by atoms with Gasteiger partial charge in [-0.15, -0.1) is 5.10 Å². The number of aliphatic hydroxyl groups is 1. The number of hydrogen-bond acceptors (Lipinski definition) is 4. The molecule has 1 aromatic heterocycles. The zero-order valence-corrected chi connectivity index (χ0v) is 12.0. The van der Waals surface area contributed by atoms with E-state index in [0.29, 0.717) is 12.3 Å². The number of nitrogens with two attached hydrogens (primary N) is 1. The molecule has 0 aromatic carbocycles. The molecule has 0 aliphatic heterocycles. The highest BCUT2D eigenvalue weighted by Crippen LogP contribution is 2.19. The number of primary amides is 1. The molecule has 0 saturated carbocycles. The summed E-state index contributed by atoms with van der Waals surface area (Å²) in [5.74, 6) is 0.0104. The van der Waals surface area contributed by atoms with E-state index in [9.17, 15) is 4.79 Å². The smallest absolute Gasteiger partial charge is 0.271 e. The Hall–Kier alpha value is -1.43. The first-order chi connectivity index (χ1) is 8.97. The number of aliphatic hydroxyl groups excluding tert-OH is 1. The normalized spacial score (nSPS) is 12.9.